The number of imidazole rings is 1. The molecule has 0 amide bonds. The number of nitrogens with zero attached hydrogens (tertiary/aromatic N) is 3. The molecule has 1 aromatic heterocycles. The first kappa shape index (κ1) is 12.7. The highest BCUT2D eigenvalue weighted by Crippen LogP contribution is 2.19. The van der Waals surface area contributed by atoms with Crippen molar-refractivity contribution in [2.45, 2.75) is 19.4 Å². The van der Waals surface area contributed by atoms with Crippen molar-refractivity contribution in [3.8, 4) is 0 Å². The summed E-state index contributed by atoms with van der Waals surface area (Å²) in [6.45, 7) is 3.11. The predicted molar refractivity (Wildman–Crippen MR) is 77.3 cm³/mol. The molecule has 0 N–H and O–H groups in total. The van der Waals surface area contributed by atoms with E-state index in [-0.39, 0.29) is 0 Å². The molecule has 1 aromatic carbocycles. The Hall–Kier alpha value is -1.32. The van der Waals surface area contributed by atoms with Crippen LogP contribution in [0.25, 0.3) is 0 Å². The largest absolute Gasteiger partial charge is 0.337 e. The molecule has 0 spiro atoms. The maximum Gasteiger partial charge on any atom is 0.0949 e. The molecule has 0 aliphatic carbocycles. The Balaban J connectivity index is 1.62. The van der Waals surface area contributed by atoms with Crippen molar-refractivity contribution < 1.29 is 0 Å². The minimum atomic E-state index is 0.873. The van der Waals surface area contributed by atoms with E-state index in [2.05, 4.69) is 27.6 Å². The van der Waals surface area contributed by atoms with Crippen LogP contribution in [0.1, 0.15) is 17.0 Å². The van der Waals surface area contributed by atoms with E-state index < -0.39 is 0 Å². The molecule has 19 heavy (non-hydrogen) atoms. The van der Waals surface area contributed by atoms with Gasteiger partial charge >= 0.3 is 0 Å². The van der Waals surface area contributed by atoms with Gasteiger partial charge in [0.1, 0.15) is 0 Å². The van der Waals surface area contributed by atoms with Crippen LogP contribution in [0.5, 0.6) is 0 Å². The van der Waals surface area contributed by atoms with Crippen LogP contribution in [-0.4, -0.2) is 27.5 Å². The first-order valence-electron chi connectivity index (χ1n) is 6.69. The number of aryl methyl sites for hydroxylation is 1. The van der Waals surface area contributed by atoms with Crippen molar-refractivity contribution in [1.29, 1.82) is 0 Å². The van der Waals surface area contributed by atoms with Crippen LogP contribution in [-0.2, 0) is 26.4 Å². The molecule has 0 fully saturated rings. The van der Waals surface area contributed by atoms with Crippen LogP contribution >= 0.6 is 11.6 Å². The Bertz CT molecular complexity index is 577. The summed E-state index contributed by atoms with van der Waals surface area (Å²) < 4.78 is 2.14. The number of aromatic nitrogens is 2. The average molecular weight is 276 g/mol. The molecule has 3 rings (SSSR count). The molecule has 4 heteroatoms. The van der Waals surface area contributed by atoms with Crippen molar-refractivity contribution in [2.75, 3.05) is 13.1 Å². The second-order valence-corrected chi connectivity index (χ2v) is 5.52. The molecular weight excluding hydrogens is 258 g/mol. The summed E-state index contributed by atoms with van der Waals surface area (Å²) in [6, 6.07) is 8.10. The van der Waals surface area contributed by atoms with E-state index in [4.69, 9.17) is 11.6 Å². The Morgan fingerprint density at radius 2 is 2.16 bits per heavy atom. The lowest BCUT2D eigenvalue weighted by molar-refractivity contribution is 0.252. The van der Waals surface area contributed by atoms with Gasteiger partial charge in [-0.3, -0.25) is 4.90 Å². The van der Waals surface area contributed by atoms with Gasteiger partial charge in [-0.2, -0.15) is 0 Å². The Labute approximate surface area is 118 Å². The highest BCUT2D eigenvalue weighted by Gasteiger charge is 2.19. The molecule has 2 aromatic rings. The Kier molecular flexibility index (Phi) is 3.58. The summed E-state index contributed by atoms with van der Waals surface area (Å²) >= 11 is 6.19. The smallest absolute Gasteiger partial charge is 0.0949 e. The van der Waals surface area contributed by atoms with Crippen molar-refractivity contribution in [3.05, 3.63) is 52.6 Å². The fourth-order valence-electron chi connectivity index (χ4n) is 2.68. The van der Waals surface area contributed by atoms with E-state index in [0.29, 0.717) is 0 Å². The van der Waals surface area contributed by atoms with E-state index in [1.54, 1.807) is 0 Å². The molecule has 100 valence electrons. The van der Waals surface area contributed by atoms with Gasteiger partial charge in [-0.15, -0.1) is 0 Å². The average Bonchev–Trinajstić information content (AvgIpc) is 2.79. The van der Waals surface area contributed by atoms with Crippen LogP contribution in [0, 0.1) is 0 Å². The van der Waals surface area contributed by atoms with Gasteiger partial charge in [-0.25, -0.2) is 4.98 Å². The minimum absolute atomic E-state index is 0.873. The summed E-state index contributed by atoms with van der Waals surface area (Å²) in [5.41, 5.74) is 3.85. The number of benzene rings is 1. The van der Waals surface area contributed by atoms with E-state index in [9.17, 15) is 0 Å². The molecule has 0 bridgehead atoms. The lowest BCUT2D eigenvalue weighted by Crippen LogP contribution is -2.32. The molecule has 1 aliphatic heterocycles. The number of fused-ring (bicyclic) bond motifs is 1. The van der Waals surface area contributed by atoms with Crippen molar-refractivity contribution >= 4 is 11.6 Å². The zero-order chi connectivity index (χ0) is 13.2. The lowest BCUT2D eigenvalue weighted by Gasteiger charge is -2.26. The van der Waals surface area contributed by atoms with Crippen molar-refractivity contribution in [2.24, 2.45) is 7.05 Å². The van der Waals surface area contributed by atoms with Crippen LogP contribution in [0.2, 0.25) is 5.02 Å². The second-order valence-electron chi connectivity index (χ2n) is 5.12. The third-order valence-corrected chi connectivity index (χ3v) is 4.21. The molecule has 1 aliphatic rings. The quantitative estimate of drug-likeness (QED) is 0.859. The number of hydrogen-bond acceptors (Lipinski definition) is 2. The summed E-state index contributed by atoms with van der Waals surface area (Å²) in [4.78, 5) is 6.93. The van der Waals surface area contributed by atoms with E-state index in [0.717, 1.165) is 37.5 Å². The summed E-state index contributed by atoms with van der Waals surface area (Å²) in [6.07, 6.45) is 4.01. The van der Waals surface area contributed by atoms with Crippen molar-refractivity contribution in [3.63, 3.8) is 0 Å². The third-order valence-electron chi connectivity index (χ3n) is 3.84. The van der Waals surface area contributed by atoms with Crippen LogP contribution in [0.4, 0.5) is 0 Å². The predicted octanol–water partition coefficient (Wildman–Crippen LogP) is 2.67. The van der Waals surface area contributed by atoms with Gasteiger partial charge in [0.25, 0.3) is 0 Å². The van der Waals surface area contributed by atoms with Gasteiger partial charge in [0, 0.05) is 43.8 Å². The summed E-state index contributed by atoms with van der Waals surface area (Å²) in [7, 11) is 2.07. The first-order chi connectivity index (χ1) is 9.24. The molecule has 0 saturated heterocycles. The fourth-order valence-corrected chi connectivity index (χ4v) is 2.91. The minimum Gasteiger partial charge on any atom is -0.337 e. The zero-order valence-corrected chi connectivity index (χ0v) is 11.9. The van der Waals surface area contributed by atoms with Gasteiger partial charge in [0.05, 0.1) is 12.0 Å². The third kappa shape index (κ3) is 2.67. The summed E-state index contributed by atoms with van der Waals surface area (Å²) in [5, 5.41) is 0.873. The van der Waals surface area contributed by atoms with Gasteiger partial charge in [0.15, 0.2) is 0 Å². The van der Waals surface area contributed by atoms with Crippen molar-refractivity contribution in [1.82, 2.24) is 14.5 Å². The standard InChI is InChI=1S/C15H18ClN3/c1-18-11-17-14-10-19(9-7-15(14)18)8-6-12-4-2-3-5-13(12)16/h2-5,11H,6-10H2,1H3. The van der Waals surface area contributed by atoms with Gasteiger partial charge in [-0.05, 0) is 18.1 Å². The Morgan fingerprint density at radius 3 is 3.00 bits per heavy atom. The highest BCUT2D eigenvalue weighted by molar-refractivity contribution is 6.31. The molecule has 0 atom stereocenters. The maximum atomic E-state index is 6.19. The van der Waals surface area contributed by atoms with Crippen LogP contribution < -0.4 is 0 Å². The number of hydrogen-bond donors (Lipinski definition) is 0. The monoisotopic (exact) mass is 275 g/mol. The van der Waals surface area contributed by atoms with Gasteiger partial charge < -0.3 is 4.57 Å². The maximum absolute atomic E-state index is 6.19. The second kappa shape index (κ2) is 5.35. The zero-order valence-electron chi connectivity index (χ0n) is 11.1. The van der Waals surface area contributed by atoms with E-state index in [1.807, 2.05) is 24.5 Å². The molecule has 3 nitrogen and oxygen atoms in total. The molecule has 2 heterocycles. The SMILES string of the molecule is Cn1cnc2c1CCN(CCc1ccccc1Cl)C2. The summed E-state index contributed by atoms with van der Waals surface area (Å²) in [5.74, 6) is 0. The molecule has 0 saturated carbocycles. The highest BCUT2D eigenvalue weighted by atomic mass is 35.5. The number of halogens is 1. The van der Waals surface area contributed by atoms with E-state index >= 15 is 0 Å². The molecule has 0 unspecified atom stereocenters. The molecule has 0 radical (unpaired) electrons. The van der Waals surface area contributed by atoms with Crippen LogP contribution in [0.3, 0.4) is 0 Å². The molecular formula is C15H18ClN3. The van der Waals surface area contributed by atoms with E-state index in [1.165, 1.54) is 17.0 Å². The lowest BCUT2D eigenvalue weighted by atomic mass is 10.1. The topological polar surface area (TPSA) is 21.1 Å². The normalized spacial score (nSPS) is 15.5. The van der Waals surface area contributed by atoms with Gasteiger partial charge in [0.2, 0.25) is 0 Å². The van der Waals surface area contributed by atoms with Crippen LogP contribution in [0.15, 0.2) is 30.6 Å². The van der Waals surface area contributed by atoms with Gasteiger partial charge in [-0.1, -0.05) is 29.8 Å². The Morgan fingerprint density at radius 1 is 1.32 bits per heavy atom. The first-order valence-corrected chi connectivity index (χ1v) is 7.06. The number of rotatable bonds is 3. The fraction of sp³-hybridized carbons (Fsp3) is 0.400.